The quantitative estimate of drug-likeness (QED) is 0.687. The molecule has 1 aliphatic carbocycles. The van der Waals surface area contributed by atoms with Crippen molar-refractivity contribution in [2.24, 2.45) is 17.6 Å². The Bertz CT molecular complexity index is 190. The van der Waals surface area contributed by atoms with Crippen LogP contribution in [0.2, 0.25) is 0 Å². The number of hydrogen-bond donors (Lipinski definition) is 2. The van der Waals surface area contributed by atoms with Gasteiger partial charge in [0.15, 0.2) is 0 Å². The maximum absolute atomic E-state index is 10.4. The maximum atomic E-state index is 10.4. The van der Waals surface area contributed by atoms with Crippen molar-refractivity contribution in [2.45, 2.75) is 51.5 Å². The Morgan fingerprint density at radius 1 is 1.57 bits per heavy atom. The van der Waals surface area contributed by atoms with Gasteiger partial charge in [-0.2, -0.15) is 0 Å². The molecule has 0 saturated heterocycles. The highest BCUT2D eigenvalue weighted by Gasteiger charge is 2.21. The van der Waals surface area contributed by atoms with E-state index in [4.69, 9.17) is 10.8 Å². The topological polar surface area (TPSA) is 63.3 Å². The molecule has 2 atom stereocenters. The molecule has 0 spiro atoms. The van der Waals surface area contributed by atoms with Crippen LogP contribution in [-0.4, -0.2) is 17.1 Å². The molecular formula is C11H21NO2. The van der Waals surface area contributed by atoms with Crippen LogP contribution in [0.1, 0.15) is 45.4 Å². The van der Waals surface area contributed by atoms with E-state index < -0.39 is 5.97 Å². The Morgan fingerprint density at radius 2 is 2.21 bits per heavy atom. The molecule has 3 N–H and O–H groups in total. The van der Waals surface area contributed by atoms with Crippen molar-refractivity contribution in [1.82, 2.24) is 0 Å². The monoisotopic (exact) mass is 199 g/mol. The largest absolute Gasteiger partial charge is 0.481 e. The zero-order valence-corrected chi connectivity index (χ0v) is 8.91. The molecule has 3 nitrogen and oxygen atoms in total. The third-order valence-electron chi connectivity index (χ3n) is 3.10. The van der Waals surface area contributed by atoms with Crippen LogP contribution in [0.5, 0.6) is 0 Å². The molecule has 1 saturated carbocycles. The van der Waals surface area contributed by atoms with Gasteiger partial charge in [-0.25, -0.2) is 0 Å². The number of carboxylic acid groups (broad SMARTS) is 1. The summed E-state index contributed by atoms with van der Waals surface area (Å²) in [4.78, 5) is 10.4. The molecule has 1 rings (SSSR count). The smallest absolute Gasteiger partial charge is 0.304 e. The second kappa shape index (κ2) is 5.35. The molecular weight excluding hydrogens is 178 g/mol. The number of rotatable bonds is 6. The Balaban J connectivity index is 2.11. The van der Waals surface area contributed by atoms with Crippen molar-refractivity contribution in [2.75, 3.05) is 0 Å². The average molecular weight is 199 g/mol. The highest BCUT2D eigenvalue weighted by molar-refractivity contribution is 5.67. The molecule has 0 unspecified atom stereocenters. The summed E-state index contributed by atoms with van der Waals surface area (Å²) in [7, 11) is 0. The fourth-order valence-corrected chi connectivity index (χ4v) is 2.22. The van der Waals surface area contributed by atoms with Crippen molar-refractivity contribution in [3.8, 4) is 0 Å². The van der Waals surface area contributed by atoms with E-state index >= 15 is 0 Å². The lowest BCUT2D eigenvalue weighted by Crippen LogP contribution is -2.27. The van der Waals surface area contributed by atoms with Gasteiger partial charge in [0.25, 0.3) is 0 Å². The minimum Gasteiger partial charge on any atom is -0.481 e. The van der Waals surface area contributed by atoms with Gasteiger partial charge in [-0.15, -0.1) is 0 Å². The second-order valence-electron chi connectivity index (χ2n) is 4.73. The van der Waals surface area contributed by atoms with E-state index in [1.807, 2.05) is 0 Å². The number of nitrogens with two attached hydrogens (primary N) is 1. The zero-order valence-electron chi connectivity index (χ0n) is 8.91. The van der Waals surface area contributed by atoms with Gasteiger partial charge >= 0.3 is 5.97 Å². The van der Waals surface area contributed by atoms with Crippen molar-refractivity contribution in [3.05, 3.63) is 0 Å². The van der Waals surface area contributed by atoms with Gasteiger partial charge in [-0.1, -0.05) is 26.2 Å². The van der Waals surface area contributed by atoms with E-state index in [2.05, 4.69) is 6.92 Å². The Hall–Kier alpha value is -0.570. The molecule has 3 heteroatoms. The summed E-state index contributed by atoms with van der Waals surface area (Å²) in [6.07, 6.45) is 6.28. The number of aliphatic carboxylic acids is 1. The van der Waals surface area contributed by atoms with Gasteiger partial charge in [0, 0.05) is 6.04 Å². The van der Waals surface area contributed by atoms with Gasteiger partial charge in [0.05, 0.1) is 6.42 Å². The number of carboxylic acids is 1. The molecule has 0 aliphatic heterocycles. The molecule has 82 valence electrons. The standard InChI is InChI=1S/C11H21NO2/c1-8(5-9-3-2-4-9)6-10(12)7-11(13)14/h8-10H,2-7,12H2,1H3,(H,13,14)/t8-,10+/m1/s1. The summed E-state index contributed by atoms with van der Waals surface area (Å²) in [5, 5.41) is 8.56. The molecule has 0 amide bonds. The molecule has 0 aromatic rings. The molecule has 14 heavy (non-hydrogen) atoms. The average Bonchev–Trinajstić information content (AvgIpc) is 1.94. The number of hydrogen-bond acceptors (Lipinski definition) is 2. The highest BCUT2D eigenvalue weighted by atomic mass is 16.4. The summed E-state index contributed by atoms with van der Waals surface area (Å²) in [5.41, 5.74) is 5.73. The SMILES string of the molecule is C[C@H](CC1CCC1)C[C@H](N)CC(=O)O. The van der Waals surface area contributed by atoms with Crippen LogP contribution in [0, 0.1) is 11.8 Å². The van der Waals surface area contributed by atoms with Crippen molar-refractivity contribution < 1.29 is 9.90 Å². The third kappa shape index (κ3) is 4.09. The summed E-state index contributed by atoms with van der Waals surface area (Å²) >= 11 is 0. The predicted octanol–water partition coefficient (Wildman–Crippen LogP) is 2.00. The predicted molar refractivity (Wildman–Crippen MR) is 56.0 cm³/mol. The van der Waals surface area contributed by atoms with Crippen molar-refractivity contribution in [1.29, 1.82) is 0 Å². The normalized spacial score (nSPS) is 21.3. The molecule has 0 aromatic carbocycles. The minimum atomic E-state index is -0.784. The first-order chi connectivity index (χ1) is 6.58. The van der Waals surface area contributed by atoms with Crippen LogP contribution in [-0.2, 0) is 4.79 Å². The Labute approximate surface area is 85.7 Å². The van der Waals surface area contributed by atoms with E-state index in [0.29, 0.717) is 5.92 Å². The summed E-state index contributed by atoms with van der Waals surface area (Å²) in [5.74, 6) is 0.685. The van der Waals surface area contributed by atoms with Crippen LogP contribution < -0.4 is 5.73 Å². The molecule has 0 heterocycles. The first kappa shape index (κ1) is 11.5. The van der Waals surface area contributed by atoms with Crippen LogP contribution in [0.3, 0.4) is 0 Å². The molecule has 0 aromatic heterocycles. The second-order valence-corrected chi connectivity index (χ2v) is 4.73. The molecule has 1 fully saturated rings. The van der Waals surface area contributed by atoms with Gasteiger partial charge < -0.3 is 10.8 Å². The van der Waals surface area contributed by atoms with Gasteiger partial charge in [0.2, 0.25) is 0 Å². The lowest BCUT2D eigenvalue weighted by Gasteiger charge is -2.28. The van der Waals surface area contributed by atoms with Gasteiger partial charge in [0.1, 0.15) is 0 Å². The maximum Gasteiger partial charge on any atom is 0.304 e. The summed E-state index contributed by atoms with van der Waals surface area (Å²) in [6, 6.07) is -0.164. The van der Waals surface area contributed by atoms with E-state index in [1.165, 1.54) is 25.7 Å². The molecule has 1 aliphatic rings. The van der Waals surface area contributed by atoms with Crippen LogP contribution in [0.4, 0.5) is 0 Å². The van der Waals surface area contributed by atoms with Gasteiger partial charge in [-0.05, 0) is 24.7 Å². The fraction of sp³-hybridized carbons (Fsp3) is 0.909. The van der Waals surface area contributed by atoms with E-state index in [0.717, 1.165) is 12.3 Å². The first-order valence-electron chi connectivity index (χ1n) is 5.55. The van der Waals surface area contributed by atoms with E-state index in [-0.39, 0.29) is 12.5 Å². The lowest BCUT2D eigenvalue weighted by molar-refractivity contribution is -0.137. The van der Waals surface area contributed by atoms with Crippen LogP contribution >= 0.6 is 0 Å². The molecule has 0 radical (unpaired) electrons. The van der Waals surface area contributed by atoms with Crippen molar-refractivity contribution in [3.63, 3.8) is 0 Å². The highest BCUT2D eigenvalue weighted by Crippen LogP contribution is 2.33. The van der Waals surface area contributed by atoms with Gasteiger partial charge in [-0.3, -0.25) is 4.79 Å². The van der Waals surface area contributed by atoms with Crippen LogP contribution in [0.25, 0.3) is 0 Å². The van der Waals surface area contributed by atoms with Crippen molar-refractivity contribution >= 4 is 5.97 Å². The van der Waals surface area contributed by atoms with Crippen LogP contribution in [0.15, 0.2) is 0 Å². The Morgan fingerprint density at radius 3 is 2.64 bits per heavy atom. The first-order valence-corrected chi connectivity index (χ1v) is 5.55. The summed E-state index contributed by atoms with van der Waals surface area (Å²) in [6.45, 7) is 2.18. The minimum absolute atomic E-state index is 0.106. The lowest BCUT2D eigenvalue weighted by atomic mass is 9.78. The number of carbonyl (C=O) groups is 1. The third-order valence-corrected chi connectivity index (χ3v) is 3.10. The van der Waals surface area contributed by atoms with E-state index in [9.17, 15) is 4.79 Å². The molecule has 0 bridgehead atoms. The van der Waals surface area contributed by atoms with E-state index in [1.54, 1.807) is 0 Å². The fourth-order valence-electron chi connectivity index (χ4n) is 2.22. The zero-order chi connectivity index (χ0) is 10.6. The summed E-state index contributed by atoms with van der Waals surface area (Å²) < 4.78 is 0. The Kier molecular flexibility index (Phi) is 4.39.